The Kier molecular flexibility index (Phi) is 2.65. The lowest BCUT2D eigenvalue weighted by molar-refractivity contribution is -0.120. The molecule has 1 aliphatic rings. The molecular formula is C11H22N2O. The first-order valence-corrected chi connectivity index (χ1v) is 5.19. The highest BCUT2D eigenvalue weighted by Crippen LogP contribution is 2.39. The van der Waals surface area contributed by atoms with Gasteiger partial charge < -0.3 is 5.32 Å². The molecule has 1 N–H and O–H groups in total. The summed E-state index contributed by atoms with van der Waals surface area (Å²) in [7, 11) is 2.13. The van der Waals surface area contributed by atoms with Crippen LogP contribution in [-0.2, 0) is 4.79 Å². The van der Waals surface area contributed by atoms with Crippen molar-refractivity contribution in [3.8, 4) is 0 Å². The average Bonchev–Trinajstić information content (AvgIpc) is 2.12. The van der Waals surface area contributed by atoms with Gasteiger partial charge in [-0.2, -0.15) is 0 Å². The number of likely N-dealkylation sites (tertiary alicyclic amines) is 1. The molecule has 1 saturated heterocycles. The number of nitrogens with zero attached hydrogens (tertiary/aromatic N) is 1. The van der Waals surface area contributed by atoms with Gasteiger partial charge in [0.2, 0.25) is 5.91 Å². The van der Waals surface area contributed by atoms with E-state index in [9.17, 15) is 4.79 Å². The summed E-state index contributed by atoms with van der Waals surface area (Å²) in [5.41, 5.74) is 0.200. The van der Waals surface area contributed by atoms with Crippen molar-refractivity contribution in [2.45, 2.75) is 58.2 Å². The quantitative estimate of drug-likeness (QED) is 0.690. The number of nitrogens with one attached hydrogen (secondary N) is 1. The highest BCUT2D eigenvalue weighted by atomic mass is 16.1. The van der Waals surface area contributed by atoms with E-state index in [0.29, 0.717) is 0 Å². The lowest BCUT2D eigenvalue weighted by Crippen LogP contribution is -2.52. The van der Waals surface area contributed by atoms with Gasteiger partial charge in [0.25, 0.3) is 0 Å². The molecule has 3 heteroatoms. The van der Waals surface area contributed by atoms with Crippen LogP contribution in [-0.4, -0.2) is 35.0 Å². The summed E-state index contributed by atoms with van der Waals surface area (Å²) >= 11 is 0. The molecule has 0 aliphatic carbocycles. The maximum Gasteiger partial charge on any atom is 0.217 e. The van der Waals surface area contributed by atoms with Crippen LogP contribution < -0.4 is 5.32 Å². The van der Waals surface area contributed by atoms with Crippen LogP contribution in [0.25, 0.3) is 0 Å². The van der Waals surface area contributed by atoms with Gasteiger partial charge in [-0.25, -0.2) is 0 Å². The second-order valence-corrected chi connectivity index (χ2v) is 5.48. The van der Waals surface area contributed by atoms with Gasteiger partial charge in [0.05, 0.1) is 0 Å². The van der Waals surface area contributed by atoms with Crippen LogP contribution in [0, 0.1) is 0 Å². The highest BCUT2D eigenvalue weighted by Gasteiger charge is 2.49. The van der Waals surface area contributed by atoms with Crippen LogP contribution in [0.2, 0.25) is 0 Å². The number of amides is 1. The molecule has 1 atom stereocenters. The Morgan fingerprint density at radius 2 is 1.86 bits per heavy atom. The van der Waals surface area contributed by atoms with Crippen molar-refractivity contribution >= 4 is 5.91 Å². The average molecular weight is 198 g/mol. The van der Waals surface area contributed by atoms with E-state index < -0.39 is 0 Å². The van der Waals surface area contributed by atoms with E-state index in [1.54, 1.807) is 6.92 Å². The van der Waals surface area contributed by atoms with Gasteiger partial charge in [-0.15, -0.1) is 0 Å². The Labute approximate surface area is 86.9 Å². The highest BCUT2D eigenvalue weighted by molar-refractivity contribution is 5.73. The summed E-state index contributed by atoms with van der Waals surface area (Å²) in [5, 5.41) is 3.04. The van der Waals surface area contributed by atoms with Crippen LogP contribution in [0.5, 0.6) is 0 Å². The topological polar surface area (TPSA) is 32.3 Å². The third-order valence-electron chi connectivity index (χ3n) is 3.71. The standard InChI is InChI=1S/C11H22N2O/c1-8(14)12-9-7-10(2,3)13(6)11(9,4)5/h9H,7H2,1-6H3,(H,12,14). The van der Waals surface area contributed by atoms with Crippen molar-refractivity contribution in [3.05, 3.63) is 0 Å². The predicted octanol–water partition coefficient (Wildman–Crippen LogP) is 1.38. The van der Waals surface area contributed by atoms with E-state index in [4.69, 9.17) is 0 Å². The molecule has 1 amide bonds. The van der Waals surface area contributed by atoms with Crippen molar-refractivity contribution in [1.29, 1.82) is 0 Å². The Morgan fingerprint density at radius 1 is 1.36 bits per heavy atom. The van der Waals surface area contributed by atoms with Crippen LogP contribution in [0.1, 0.15) is 41.0 Å². The van der Waals surface area contributed by atoms with Gasteiger partial charge in [0, 0.05) is 24.0 Å². The second kappa shape index (κ2) is 3.23. The molecule has 0 aromatic carbocycles. The Balaban J connectivity index is 2.85. The van der Waals surface area contributed by atoms with Gasteiger partial charge >= 0.3 is 0 Å². The lowest BCUT2D eigenvalue weighted by Gasteiger charge is -2.38. The molecule has 82 valence electrons. The number of rotatable bonds is 1. The fourth-order valence-corrected chi connectivity index (χ4v) is 2.37. The number of hydrogen-bond donors (Lipinski definition) is 1. The minimum absolute atomic E-state index is 0.0369. The molecule has 0 radical (unpaired) electrons. The first-order valence-electron chi connectivity index (χ1n) is 5.19. The van der Waals surface area contributed by atoms with Crippen molar-refractivity contribution in [2.24, 2.45) is 0 Å². The van der Waals surface area contributed by atoms with Gasteiger partial charge in [-0.3, -0.25) is 9.69 Å². The lowest BCUT2D eigenvalue weighted by atomic mass is 9.94. The number of carbonyl (C=O) groups excluding carboxylic acids is 1. The molecule has 0 aromatic heterocycles. The predicted molar refractivity (Wildman–Crippen MR) is 58.1 cm³/mol. The fraction of sp³-hybridized carbons (Fsp3) is 0.909. The smallest absolute Gasteiger partial charge is 0.217 e. The summed E-state index contributed by atoms with van der Waals surface area (Å²) < 4.78 is 0. The van der Waals surface area contributed by atoms with Crippen molar-refractivity contribution in [1.82, 2.24) is 10.2 Å². The van der Waals surface area contributed by atoms with Gasteiger partial charge in [-0.05, 0) is 41.2 Å². The number of hydrogen-bond acceptors (Lipinski definition) is 2. The fourth-order valence-electron chi connectivity index (χ4n) is 2.37. The van der Waals surface area contributed by atoms with E-state index in [1.165, 1.54) is 0 Å². The molecule has 1 aliphatic heterocycles. The first-order chi connectivity index (χ1) is 6.18. The Morgan fingerprint density at radius 3 is 2.14 bits per heavy atom. The normalized spacial score (nSPS) is 30.3. The number of likely N-dealkylation sites (N-methyl/N-ethyl adjacent to an activating group) is 1. The molecular weight excluding hydrogens is 176 g/mol. The van der Waals surface area contributed by atoms with Crippen molar-refractivity contribution in [2.75, 3.05) is 7.05 Å². The zero-order valence-electron chi connectivity index (χ0n) is 10.1. The van der Waals surface area contributed by atoms with Gasteiger partial charge in [0.15, 0.2) is 0 Å². The minimum atomic E-state index is 0.0369. The van der Waals surface area contributed by atoms with Crippen LogP contribution in [0.3, 0.4) is 0 Å². The summed E-state index contributed by atoms with van der Waals surface area (Å²) in [5.74, 6) is 0.0641. The van der Waals surface area contributed by atoms with E-state index in [1.807, 2.05) is 0 Å². The van der Waals surface area contributed by atoms with E-state index >= 15 is 0 Å². The Hall–Kier alpha value is -0.570. The van der Waals surface area contributed by atoms with E-state index in [-0.39, 0.29) is 23.0 Å². The zero-order valence-corrected chi connectivity index (χ0v) is 10.1. The molecule has 3 nitrogen and oxygen atoms in total. The summed E-state index contributed by atoms with van der Waals surface area (Å²) in [4.78, 5) is 13.4. The van der Waals surface area contributed by atoms with Gasteiger partial charge in [0.1, 0.15) is 0 Å². The van der Waals surface area contributed by atoms with E-state index in [0.717, 1.165) is 6.42 Å². The maximum absolute atomic E-state index is 11.1. The summed E-state index contributed by atoms with van der Waals surface area (Å²) in [6, 6.07) is 0.250. The third-order valence-corrected chi connectivity index (χ3v) is 3.71. The largest absolute Gasteiger partial charge is 0.352 e. The van der Waals surface area contributed by atoms with Gasteiger partial charge in [-0.1, -0.05) is 0 Å². The molecule has 1 fully saturated rings. The molecule has 14 heavy (non-hydrogen) atoms. The molecule has 0 aromatic rings. The molecule has 0 bridgehead atoms. The number of carbonyl (C=O) groups is 1. The summed E-state index contributed by atoms with van der Waals surface area (Å²) in [6.45, 7) is 10.4. The molecule has 0 saturated carbocycles. The van der Waals surface area contributed by atoms with Crippen molar-refractivity contribution < 1.29 is 4.79 Å². The van der Waals surface area contributed by atoms with Crippen LogP contribution >= 0.6 is 0 Å². The van der Waals surface area contributed by atoms with Crippen LogP contribution in [0.15, 0.2) is 0 Å². The Bertz CT molecular complexity index is 246. The zero-order chi connectivity index (χ0) is 11.1. The molecule has 1 rings (SSSR count). The second-order valence-electron chi connectivity index (χ2n) is 5.48. The monoisotopic (exact) mass is 198 g/mol. The maximum atomic E-state index is 11.1. The summed E-state index contributed by atoms with van der Waals surface area (Å²) in [6.07, 6.45) is 1.01. The SMILES string of the molecule is CC(=O)NC1CC(C)(C)N(C)C1(C)C. The van der Waals surface area contributed by atoms with E-state index in [2.05, 4.69) is 45.0 Å². The van der Waals surface area contributed by atoms with Crippen molar-refractivity contribution in [3.63, 3.8) is 0 Å². The van der Waals surface area contributed by atoms with Crippen LogP contribution in [0.4, 0.5) is 0 Å². The third kappa shape index (κ3) is 1.78. The minimum Gasteiger partial charge on any atom is -0.352 e. The first kappa shape index (κ1) is 11.5. The molecule has 1 heterocycles. The molecule has 1 unspecified atom stereocenters. The molecule has 0 spiro atoms.